The average Bonchev–Trinajstić information content (AvgIpc) is 0.811. The molecule has 1 atom stereocenters. The zero-order chi connectivity index (χ0) is 3.58. The minimum Gasteiger partial charge on any atom is -0.269 e. The van der Waals surface area contributed by atoms with Crippen molar-refractivity contribution in [3.8, 4) is 0 Å². The maximum Gasteiger partial charge on any atom is 0.0668 e. The van der Waals surface area contributed by atoms with Gasteiger partial charge in [-0.15, -0.1) is 0 Å². The lowest BCUT2D eigenvalue weighted by atomic mass is 13.9. The van der Waals surface area contributed by atoms with Gasteiger partial charge in [0, 0.05) is 0 Å². The van der Waals surface area contributed by atoms with Crippen LogP contribution in [-0.2, 0) is 0 Å². The predicted molar refractivity (Wildman–Crippen MR) is 22.1 cm³/mol. The molecule has 0 aromatic carbocycles. The first-order chi connectivity index (χ1) is 1.73. The maximum absolute atomic E-state index is 6.28. The van der Waals surface area contributed by atoms with Gasteiger partial charge in [0.05, 0.1) is 7.19 Å². The number of hydrogen-bond acceptors (Lipinski definition) is 2. The van der Waals surface area contributed by atoms with Crippen LogP contribution in [0.5, 0.6) is 0 Å². The lowest BCUT2D eigenvalue weighted by Gasteiger charge is -1.47. The second-order valence-corrected chi connectivity index (χ2v) is 2.66. The lowest BCUT2D eigenvalue weighted by Crippen LogP contribution is -0.827. The first-order valence-corrected chi connectivity index (χ1v) is 3.67. The topological polar surface area (TPSA) is 47.7 Å². The second-order valence-electron chi connectivity index (χ2n) is 0.370. The van der Waals surface area contributed by atoms with Crippen LogP contribution >= 0.6 is 16.1 Å². The standard InChI is InChI=1S/H4N2P2/c1-4(2)3/h1-2H,3H2. The molecule has 4 heavy (non-hydrogen) atoms. The fourth-order valence-electron chi connectivity index (χ4n) is 0. The SMILES string of the molecule is N=P(=N)P. The van der Waals surface area contributed by atoms with E-state index in [2.05, 4.69) is 8.93 Å². The Kier molecular flexibility index (Phi) is 1.76. The van der Waals surface area contributed by atoms with Crippen LogP contribution in [0.25, 0.3) is 0 Å². The summed E-state index contributed by atoms with van der Waals surface area (Å²) in [5, 5.41) is 12.6. The van der Waals surface area contributed by atoms with Crippen molar-refractivity contribution in [3.05, 3.63) is 0 Å². The van der Waals surface area contributed by atoms with Gasteiger partial charge in [0.1, 0.15) is 0 Å². The summed E-state index contributed by atoms with van der Waals surface area (Å²) in [6.07, 6.45) is 0. The highest BCUT2D eigenvalue weighted by atomic mass is 32.0. The molecule has 0 aliphatic carbocycles. The fraction of sp³-hybridized carbons (Fsp3) is 0. The van der Waals surface area contributed by atoms with Crippen molar-refractivity contribution >= 4 is 16.1 Å². The summed E-state index contributed by atoms with van der Waals surface area (Å²) in [6, 6.07) is 0. The number of nitrogens with one attached hydrogen (secondary N) is 2. The molecule has 0 radical (unpaired) electrons. The molecule has 0 amide bonds. The zero-order valence-corrected chi connectivity index (χ0v) is 4.07. The van der Waals surface area contributed by atoms with Crippen LogP contribution in [0.3, 0.4) is 0 Å². The molecule has 0 saturated carbocycles. The van der Waals surface area contributed by atoms with Crippen LogP contribution in [0, 0.1) is 10.3 Å². The van der Waals surface area contributed by atoms with Crippen LogP contribution in [0.15, 0.2) is 0 Å². The third kappa shape index (κ3) is 37.8. The molecule has 0 rings (SSSR count). The van der Waals surface area contributed by atoms with E-state index in [4.69, 9.17) is 10.3 Å². The van der Waals surface area contributed by atoms with Crippen molar-refractivity contribution in [1.82, 2.24) is 0 Å². The van der Waals surface area contributed by atoms with Crippen molar-refractivity contribution in [2.45, 2.75) is 0 Å². The fourth-order valence-corrected chi connectivity index (χ4v) is 0. The summed E-state index contributed by atoms with van der Waals surface area (Å²) < 4.78 is 0. The molecule has 0 saturated heterocycles. The van der Waals surface area contributed by atoms with Crippen molar-refractivity contribution in [3.63, 3.8) is 0 Å². The van der Waals surface area contributed by atoms with E-state index < -0.39 is 7.19 Å². The highest BCUT2D eigenvalue weighted by Crippen LogP contribution is 2.14. The Morgan fingerprint density at radius 3 is 1.50 bits per heavy atom. The first kappa shape index (κ1) is 4.33. The predicted octanol–water partition coefficient (Wildman–Crippen LogP) is 1.78. The van der Waals surface area contributed by atoms with Crippen molar-refractivity contribution in [2.24, 2.45) is 0 Å². The Balaban J connectivity index is 3.51. The quantitative estimate of drug-likeness (QED) is 0.430. The summed E-state index contributed by atoms with van der Waals surface area (Å²) in [6.45, 7) is 0. The van der Waals surface area contributed by atoms with E-state index in [9.17, 15) is 0 Å². The van der Waals surface area contributed by atoms with E-state index in [1.54, 1.807) is 0 Å². The molecule has 1 unspecified atom stereocenters. The Hall–Kier alpha value is 0.330. The van der Waals surface area contributed by atoms with E-state index in [-0.39, 0.29) is 0 Å². The molecule has 0 bridgehead atoms. The third-order valence-corrected chi connectivity index (χ3v) is 0. The Morgan fingerprint density at radius 2 is 1.50 bits per heavy atom. The molecule has 0 aromatic heterocycles. The monoisotopic (exact) mass is 94.0 g/mol. The number of rotatable bonds is 0. The molecule has 4 heteroatoms. The molecule has 0 aliphatic rings. The normalized spacial score (nSPS) is 10.8. The molecule has 0 heterocycles. The Morgan fingerprint density at radius 1 is 1.50 bits per heavy atom. The smallest absolute Gasteiger partial charge is 0.0668 e. The molecule has 0 fully saturated rings. The highest BCUT2D eigenvalue weighted by molar-refractivity contribution is 8.00. The molecule has 0 aromatic rings. The minimum absolute atomic E-state index is 1.20. The van der Waals surface area contributed by atoms with Crippen molar-refractivity contribution in [1.29, 1.82) is 10.3 Å². The van der Waals surface area contributed by atoms with Gasteiger partial charge in [-0.05, 0) is 8.93 Å². The average molecular weight is 94.0 g/mol. The highest BCUT2D eigenvalue weighted by Gasteiger charge is 1.38. The van der Waals surface area contributed by atoms with Crippen LogP contribution in [-0.4, -0.2) is 0 Å². The largest absolute Gasteiger partial charge is 0.269 e. The van der Waals surface area contributed by atoms with Crippen LogP contribution in [0.4, 0.5) is 0 Å². The van der Waals surface area contributed by atoms with Crippen LogP contribution < -0.4 is 0 Å². The van der Waals surface area contributed by atoms with Crippen LogP contribution in [0.2, 0.25) is 0 Å². The van der Waals surface area contributed by atoms with Gasteiger partial charge in [-0.2, -0.15) is 0 Å². The van der Waals surface area contributed by atoms with Gasteiger partial charge in [-0.1, -0.05) is 0 Å². The molecular formula is H4N2P2. The summed E-state index contributed by atoms with van der Waals surface area (Å²) in [7, 11) is 0.852. The number of hydrogen-bond donors (Lipinski definition) is 2. The summed E-state index contributed by atoms with van der Waals surface area (Å²) in [4.78, 5) is 0. The van der Waals surface area contributed by atoms with E-state index in [1.807, 2.05) is 0 Å². The Labute approximate surface area is 27.5 Å². The van der Waals surface area contributed by atoms with Gasteiger partial charge in [-0.25, -0.2) is 0 Å². The minimum atomic E-state index is -1.20. The van der Waals surface area contributed by atoms with Gasteiger partial charge in [0.15, 0.2) is 0 Å². The van der Waals surface area contributed by atoms with Gasteiger partial charge in [0.25, 0.3) is 0 Å². The third-order valence-electron chi connectivity index (χ3n) is 0. The van der Waals surface area contributed by atoms with E-state index >= 15 is 0 Å². The molecular weight excluding hydrogens is 90.0 g/mol. The van der Waals surface area contributed by atoms with Crippen molar-refractivity contribution in [2.75, 3.05) is 0 Å². The maximum atomic E-state index is 6.28. The Bertz CT molecular complexity index is 52.4. The molecule has 0 aliphatic heterocycles. The van der Waals surface area contributed by atoms with E-state index in [1.165, 1.54) is 0 Å². The summed E-state index contributed by atoms with van der Waals surface area (Å²) >= 11 is 0. The summed E-state index contributed by atoms with van der Waals surface area (Å²) in [5.41, 5.74) is 0. The second kappa shape index (κ2) is 1.63. The first-order valence-electron chi connectivity index (χ1n) is 0.705. The van der Waals surface area contributed by atoms with E-state index in [0.29, 0.717) is 0 Å². The molecule has 24 valence electrons. The summed E-state index contributed by atoms with van der Waals surface area (Å²) in [5.74, 6) is 0. The van der Waals surface area contributed by atoms with Crippen molar-refractivity contribution < 1.29 is 0 Å². The zero-order valence-electron chi connectivity index (χ0n) is 2.02. The van der Waals surface area contributed by atoms with Crippen LogP contribution in [0.1, 0.15) is 0 Å². The van der Waals surface area contributed by atoms with E-state index in [0.717, 1.165) is 0 Å². The van der Waals surface area contributed by atoms with Gasteiger partial charge < -0.3 is 0 Å². The van der Waals surface area contributed by atoms with Gasteiger partial charge in [-0.3, -0.25) is 10.3 Å². The lowest BCUT2D eigenvalue weighted by molar-refractivity contribution is 1.56. The molecule has 2 nitrogen and oxygen atoms in total. The van der Waals surface area contributed by atoms with Gasteiger partial charge in [0.2, 0.25) is 0 Å². The molecule has 0 spiro atoms. The van der Waals surface area contributed by atoms with Gasteiger partial charge >= 0.3 is 0 Å². The molecule has 2 N–H and O–H groups in total.